The van der Waals surface area contributed by atoms with Crippen LogP contribution in [0.1, 0.15) is 18.7 Å². The number of hydrogen-bond acceptors (Lipinski definition) is 3. The van der Waals surface area contributed by atoms with Crippen LogP contribution in [0.4, 0.5) is 0 Å². The molecule has 0 aromatic carbocycles. The standard InChI is InChI=1S/C11H18N2OS.ClH/c1-11(2,9-5-4-6-15-9)8-13-10(14)7-12-3;/h4-6,12H,7-8H2,1-3H3,(H,13,14);1H. The number of hydrogen-bond donors (Lipinski definition) is 2. The second-order valence-electron chi connectivity index (χ2n) is 4.17. The molecule has 0 fully saturated rings. The zero-order valence-electron chi connectivity index (χ0n) is 9.87. The molecule has 3 nitrogen and oxygen atoms in total. The maximum absolute atomic E-state index is 11.3. The topological polar surface area (TPSA) is 41.1 Å². The molecule has 16 heavy (non-hydrogen) atoms. The van der Waals surface area contributed by atoms with Gasteiger partial charge in [-0.05, 0) is 18.5 Å². The lowest BCUT2D eigenvalue weighted by Crippen LogP contribution is -2.39. The fourth-order valence-electron chi connectivity index (χ4n) is 1.29. The molecule has 0 radical (unpaired) electrons. The molecule has 1 rings (SSSR count). The van der Waals surface area contributed by atoms with E-state index in [-0.39, 0.29) is 23.7 Å². The summed E-state index contributed by atoms with van der Waals surface area (Å²) in [6.07, 6.45) is 0. The van der Waals surface area contributed by atoms with Crippen LogP contribution in [0, 0.1) is 0 Å². The minimum atomic E-state index is 0. The molecule has 0 saturated carbocycles. The van der Waals surface area contributed by atoms with Crippen molar-refractivity contribution in [2.75, 3.05) is 20.1 Å². The molecule has 0 spiro atoms. The van der Waals surface area contributed by atoms with Gasteiger partial charge >= 0.3 is 0 Å². The molecule has 0 aliphatic heterocycles. The van der Waals surface area contributed by atoms with Crippen molar-refractivity contribution in [3.8, 4) is 0 Å². The van der Waals surface area contributed by atoms with Crippen LogP contribution >= 0.6 is 23.7 Å². The quantitative estimate of drug-likeness (QED) is 0.850. The van der Waals surface area contributed by atoms with Crippen molar-refractivity contribution in [3.05, 3.63) is 22.4 Å². The number of carbonyl (C=O) groups is 1. The lowest BCUT2D eigenvalue weighted by molar-refractivity contribution is -0.120. The summed E-state index contributed by atoms with van der Waals surface area (Å²) in [5.74, 6) is 0.0436. The Balaban J connectivity index is 0.00000225. The molecule has 1 aromatic heterocycles. The van der Waals surface area contributed by atoms with Gasteiger partial charge in [-0.25, -0.2) is 0 Å². The fourth-order valence-corrected chi connectivity index (χ4v) is 2.15. The predicted octanol–water partition coefficient (Wildman–Crippen LogP) is 1.78. The largest absolute Gasteiger partial charge is 0.354 e. The monoisotopic (exact) mass is 262 g/mol. The van der Waals surface area contributed by atoms with Gasteiger partial charge in [-0.15, -0.1) is 23.7 Å². The number of nitrogens with one attached hydrogen (secondary N) is 2. The van der Waals surface area contributed by atoms with Crippen molar-refractivity contribution < 1.29 is 4.79 Å². The van der Waals surface area contributed by atoms with Crippen molar-refractivity contribution in [2.45, 2.75) is 19.3 Å². The number of halogens is 1. The van der Waals surface area contributed by atoms with Gasteiger partial charge in [0.2, 0.25) is 5.91 Å². The minimum Gasteiger partial charge on any atom is -0.354 e. The summed E-state index contributed by atoms with van der Waals surface area (Å²) in [6, 6.07) is 4.14. The lowest BCUT2D eigenvalue weighted by Gasteiger charge is -2.23. The average Bonchev–Trinajstić information content (AvgIpc) is 2.69. The first-order valence-corrected chi connectivity index (χ1v) is 5.89. The van der Waals surface area contributed by atoms with E-state index in [4.69, 9.17) is 0 Å². The van der Waals surface area contributed by atoms with Crippen molar-refractivity contribution in [1.29, 1.82) is 0 Å². The Hall–Kier alpha value is -0.580. The molecule has 92 valence electrons. The molecule has 1 aromatic rings. The molecule has 0 atom stereocenters. The summed E-state index contributed by atoms with van der Waals surface area (Å²) in [7, 11) is 1.77. The first-order chi connectivity index (χ1) is 7.06. The summed E-state index contributed by atoms with van der Waals surface area (Å²) in [6.45, 7) is 5.32. The maximum atomic E-state index is 11.3. The van der Waals surface area contributed by atoms with Crippen LogP contribution < -0.4 is 10.6 Å². The highest BCUT2D eigenvalue weighted by atomic mass is 35.5. The SMILES string of the molecule is CNCC(=O)NCC(C)(C)c1cccs1.Cl. The van der Waals surface area contributed by atoms with Crippen LogP contribution in [0.5, 0.6) is 0 Å². The van der Waals surface area contributed by atoms with E-state index in [0.717, 1.165) is 0 Å². The van der Waals surface area contributed by atoms with Gasteiger partial charge in [0.05, 0.1) is 6.54 Å². The average molecular weight is 263 g/mol. The third kappa shape index (κ3) is 4.51. The third-order valence-electron chi connectivity index (χ3n) is 2.25. The number of carbonyl (C=O) groups excluding carboxylic acids is 1. The Morgan fingerprint density at radius 3 is 2.69 bits per heavy atom. The smallest absolute Gasteiger partial charge is 0.233 e. The Kier molecular flexibility index (Phi) is 6.64. The van der Waals surface area contributed by atoms with E-state index >= 15 is 0 Å². The summed E-state index contributed by atoms with van der Waals surface area (Å²) in [5.41, 5.74) is 0.0115. The van der Waals surface area contributed by atoms with Crippen LogP contribution in [0.2, 0.25) is 0 Å². The van der Waals surface area contributed by atoms with E-state index in [2.05, 4.69) is 35.9 Å². The summed E-state index contributed by atoms with van der Waals surface area (Å²) < 4.78 is 0. The van der Waals surface area contributed by atoms with Crippen molar-refractivity contribution >= 4 is 29.7 Å². The van der Waals surface area contributed by atoms with E-state index in [9.17, 15) is 4.79 Å². The van der Waals surface area contributed by atoms with Crippen LogP contribution in [-0.2, 0) is 10.2 Å². The summed E-state index contributed by atoms with van der Waals surface area (Å²) in [4.78, 5) is 12.6. The van der Waals surface area contributed by atoms with E-state index in [1.165, 1.54) is 4.88 Å². The molecular weight excluding hydrogens is 244 g/mol. The Bertz CT molecular complexity index is 312. The van der Waals surface area contributed by atoms with Crippen molar-refractivity contribution in [3.63, 3.8) is 0 Å². The van der Waals surface area contributed by atoms with Gasteiger partial charge in [0, 0.05) is 16.8 Å². The van der Waals surface area contributed by atoms with Gasteiger partial charge in [0.15, 0.2) is 0 Å². The highest BCUT2D eigenvalue weighted by Crippen LogP contribution is 2.26. The first kappa shape index (κ1) is 15.4. The van der Waals surface area contributed by atoms with Crippen LogP contribution in [-0.4, -0.2) is 26.0 Å². The summed E-state index contributed by atoms with van der Waals surface area (Å²) >= 11 is 1.73. The Labute approximate surface area is 107 Å². The molecule has 0 unspecified atom stereocenters. The van der Waals surface area contributed by atoms with Crippen molar-refractivity contribution in [2.24, 2.45) is 0 Å². The van der Waals surface area contributed by atoms with Crippen LogP contribution in [0.25, 0.3) is 0 Å². The predicted molar refractivity (Wildman–Crippen MR) is 71.5 cm³/mol. The number of amides is 1. The van der Waals surface area contributed by atoms with E-state index in [0.29, 0.717) is 13.1 Å². The molecule has 0 saturated heterocycles. The second kappa shape index (κ2) is 6.89. The number of likely N-dealkylation sites (N-methyl/N-ethyl adjacent to an activating group) is 1. The van der Waals surface area contributed by atoms with Crippen LogP contribution in [0.15, 0.2) is 17.5 Å². The zero-order valence-corrected chi connectivity index (χ0v) is 11.5. The summed E-state index contributed by atoms with van der Waals surface area (Å²) in [5, 5.41) is 7.81. The Morgan fingerprint density at radius 2 is 2.19 bits per heavy atom. The van der Waals surface area contributed by atoms with Gasteiger partial charge < -0.3 is 10.6 Å². The third-order valence-corrected chi connectivity index (χ3v) is 3.49. The molecule has 0 bridgehead atoms. The molecular formula is C11H19ClN2OS. The van der Waals surface area contributed by atoms with Gasteiger partial charge in [0.25, 0.3) is 0 Å². The van der Waals surface area contributed by atoms with Gasteiger partial charge in [-0.3, -0.25) is 4.79 Å². The van der Waals surface area contributed by atoms with Crippen molar-refractivity contribution in [1.82, 2.24) is 10.6 Å². The van der Waals surface area contributed by atoms with Gasteiger partial charge in [-0.1, -0.05) is 19.9 Å². The molecule has 5 heteroatoms. The second-order valence-corrected chi connectivity index (χ2v) is 5.12. The highest BCUT2D eigenvalue weighted by Gasteiger charge is 2.21. The van der Waals surface area contributed by atoms with Gasteiger partial charge in [0.1, 0.15) is 0 Å². The molecule has 0 aliphatic rings. The molecule has 1 heterocycles. The number of thiophene rings is 1. The van der Waals surface area contributed by atoms with E-state index in [1.807, 2.05) is 6.07 Å². The molecule has 2 N–H and O–H groups in total. The van der Waals surface area contributed by atoms with Crippen LogP contribution in [0.3, 0.4) is 0 Å². The lowest BCUT2D eigenvalue weighted by atomic mass is 9.91. The van der Waals surface area contributed by atoms with E-state index < -0.39 is 0 Å². The molecule has 0 aliphatic carbocycles. The molecule has 1 amide bonds. The minimum absolute atomic E-state index is 0. The fraction of sp³-hybridized carbons (Fsp3) is 0.545. The Morgan fingerprint density at radius 1 is 1.50 bits per heavy atom. The first-order valence-electron chi connectivity index (χ1n) is 5.01. The van der Waals surface area contributed by atoms with Gasteiger partial charge in [-0.2, -0.15) is 0 Å². The zero-order chi connectivity index (χ0) is 11.3. The highest BCUT2D eigenvalue weighted by molar-refractivity contribution is 7.10. The number of rotatable bonds is 5. The normalized spacial score (nSPS) is 10.7. The maximum Gasteiger partial charge on any atom is 0.233 e. The van der Waals surface area contributed by atoms with E-state index in [1.54, 1.807) is 18.4 Å².